The molecular weight excluding hydrogens is 542 g/mol. The number of rotatable bonds is 13. The number of nitrogens with one attached hydrogen (secondary N) is 3. The first-order valence-electron chi connectivity index (χ1n) is 13.8. The molecular formula is C31H41N3O8. The van der Waals surface area contributed by atoms with Crippen molar-refractivity contribution in [2.24, 2.45) is 5.92 Å². The summed E-state index contributed by atoms with van der Waals surface area (Å²) in [7, 11) is 0. The van der Waals surface area contributed by atoms with Gasteiger partial charge in [-0.25, -0.2) is 9.59 Å². The first-order valence-corrected chi connectivity index (χ1v) is 13.8. The van der Waals surface area contributed by atoms with Crippen LogP contribution in [-0.2, 0) is 35.2 Å². The second-order valence-electron chi connectivity index (χ2n) is 11.0. The molecule has 0 spiro atoms. The molecule has 0 radical (unpaired) electrons. The molecule has 0 fully saturated rings. The number of anilines is 1. The lowest BCUT2D eigenvalue weighted by Gasteiger charge is -2.25. The van der Waals surface area contributed by atoms with E-state index in [-0.39, 0.29) is 25.6 Å². The van der Waals surface area contributed by atoms with Crippen molar-refractivity contribution in [1.82, 2.24) is 10.6 Å². The highest BCUT2D eigenvalue weighted by Crippen LogP contribution is 2.14. The van der Waals surface area contributed by atoms with Gasteiger partial charge in [-0.05, 0) is 69.9 Å². The number of alkyl carbamates (subject to hydrolysis) is 1. The third-order valence-electron chi connectivity index (χ3n) is 5.62. The fraction of sp³-hybridized carbons (Fsp3) is 0.452. The fourth-order valence-corrected chi connectivity index (χ4v) is 3.73. The first-order chi connectivity index (χ1) is 19.8. The van der Waals surface area contributed by atoms with Crippen LogP contribution in [0.5, 0.6) is 0 Å². The topological polar surface area (TPSA) is 149 Å². The van der Waals surface area contributed by atoms with Gasteiger partial charge < -0.3 is 30.2 Å². The van der Waals surface area contributed by atoms with E-state index in [1.54, 1.807) is 64.1 Å². The van der Waals surface area contributed by atoms with E-state index in [0.717, 1.165) is 5.56 Å². The van der Waals surface area contributed by atoms with Crippen LogP contribution in [0.25, 0.3) is 0 Å². The fourth-order valence-electron chi connectivity index (χ4n) is 3.73. The molecule has 0 saturated heterocycles. The van der Waals surface area contributed by atoms with Crippen LogP contribution >= 0.6 is 0 Å². The van der Waals surface area contributed by atoms with Crippen LogP contribution in [-0.4, -0.2) is 54.1 Å². The van der Waals surface area contributed by atoms with Crippen LogP contribution in [0, 0.1) is 5.92 Å². The smallest absolute Gasteiger partial charge is 0.408 e. The zero-order valence-corrected chi connectivity index (χ0v) is 25.0. The van der Waals surface area contributed by atoms with E-state index in [0.29, 0.717) is 11.3 Å². The van der Waals surface area contributed by atoms with Gasteiger partial charge in [0.1, 0.15) is 24.3 Å². The summed E-state index contributed by atoms with van der Waals surface area (Å²) in [6.07, 6.45) is -1.11. The molecule has 3 amide bonds. The molecule has 0 aliphatic heterocycles. The molecule has 2 aromatic rings. The Hall–Kier alpha value is -4.41. The van der Waals surface area contributed by atoms with Crippen molar-refractivity contribution in [3.05, 3.63) is 65.7 Å². The second kappa shape index (κ2) is 16.1. The summed E-state index contributed by atoms with van der Waals surface area (Å²) < 4.78 is 15.5. The highest BCUT2D eigenvalue weighted by atomic mass is 16.6. The van der Waals surface area contributed by atoms with Crippen molar-refractivity contribution in [2.45, 2.75) is 78.7 Å². The molecule has 3 N–H and O–H groups in total. The van der Waals surface area contributed by atoms with Crippen molar-refractivity contribution in [1.29, 1.82) is 0 Å². The Labute approximate surface area is 246 Å². The molecule has 0 bridgehead atoms. The maximum absolute atomic E-state index is 13.4. The number of carbonyl (C=O) groups is 5. The van der Waals surface area contributed by atoms with Gasteiger partial charge in [-0.15, -0.1) is 0 Å². The average Bonchev–Trinajstić information content (AvgIpc) is 2.91. The van der Waals surface area contributed by atoms with E-state index in [2.05, 4.69) is 16.0 Å². The minimum atomic E-state index is -1.37. The molecule has 0 saturated carbocycles. The molecule has 11 nitrogen and oxygen atoms in total. The number of benzene rings is 2. The van der Waals surface area contributed by atoms with Crippen LogP contribution in [0.3, 0.4) is 0 Å². The molecule has 11 heteroatoms. The van der Waals surface area contributed by atoms with Gasteiger partial charge in [-0.1, -0.05) is 44.2 Å². The standard InChI is InChI=1S/C31H41N3O8/c1-7-40-29(38)22-13-15-23(16-14-22)32-27(36)24(17-20(2)3)33-28(37)25(34-30(39)42-31(4,5)6)18-26(35)41-19-21-11-9-8-10-12-21/h8-16,20,24-25H,7,17-19H2,1-6H3,(H,32,36)(H,33,37)(H,34,39). The first kappa shape index (κ1) is 33.8. The zero-order valence-electron chi connectivity index (χ0n) is 25.0. The van der Waals surface area contributed by atoms with Crippen LogP contribution in [0.2, 0.25) is 0 Å². The molecule has 42 heavy (non-hydrogen) atoms. The van der Waals surface area contributed by atoms with Gasteiger partial charge in [-0.3, -0.25) is 14.4 Å². The third-order valence-corrected chi connectivity index (χ3v) is 5.62. The predicted molar refractivity (Wildman–Crippen MR) is 156 cm³/mol. The molecule has 2 aromatic carbocycles. The number of carbonyl (C=O) groups excluding carboxylic acids is 5. The Bertz CT molecular complexity index is 1210. The highest BCUT2D eigenvalue weighted by molar-refractivity contribution is 5.99. The molecule has 2 atom stereocenters. The van der Waals surface area contributed by atoms with E-state index in [1.807, 2.05) is 19.9 Å². The van der Waals surface area contributed by atoms with Gasteiger partial charge in [0.05, 0.1) is 18.6 Å². The molecule has 2 unspecified atom stereocenters. The third kappa shape index (κ3) is 12.4. The Morgan fingerprint density at radius 3 is 2.02 bits per heavy atom. The molecule has 0 aliphatic rings. The summed E-state index contributed by atoms with van der Waals surface area (Å²) in [5, 5.41) is 7.82. The second-order valence-corrected chi connectivity index (χ2v) is 11.0. The molecule has 228 valence electrons. The van der Waals surface area contributed by atoms with E-state index >= 15 is 0 Å². The maximum Gasteiger partial charge on any atom is 0.408 e. The number of amides is 3. The van der Waals surface area contributed by atoms with Crippen LogP contribution in [0.15, 0.2) is 54.6 Å². The predicted octanol–water partition coefficient (Wildman–Crippen LogP) is 4.36. The lowest BCUT2D eigenvalue weighted by atomic mass is 10.0. The van der Waals surface area contributed by atoms with Gasteiger partial charge in [-0.2, -0.15) is 0 Å². The molecule has 2 rings (SSSR count). The number of esters is 2. The molecule has 0 aliphatic carbocycles. The molecule has 0 aromatic heterocycles. The average molecular weight is 584 g/mol. The Morgan fingerprint density at radius 1 is 0.810 bits per heavy atom. The van der Waals surface area contributed by atoms with Gasteiger partial charge >= 0.3 is 18.0 Å². The van der Waals surface area contributed by atoms with Gasteiger partial charge in [0.15, 0.2) is 0 Å². The SMILES string of the molecule is CCOC(=O)c1ccc(NC(=O)C(CC(C)C)NC(=O)C(CC(=O)OCc2ccccc2)NC(=O)OC(C)(C)C)cc1. The van der Waals surface area contributed by atoms with E-state index in [4.69, 9.17) is 14.2 Å². The molecule has 0 heterocycles. The van der Waals surface area contributed by atoms with Crippen molar-refractivity contribution >= 4 is 35.5 Å². The van der Waals surface area contributed by atoms with E-state index < -0.39 is 54.0 Å². The Morgan fingerprint density at radius 2 is 1.45 bits per heavy atom. The normalized spacial score (nSPS) is 12.5. The lowest BCUT2D eigenvalue weighted by Crippen LogP contribution is -2.54. The summed E-state index contributed by atoms with van der Waals surface area (Å²) in [6, 6.07) is 12.8. The quantitative estimate of drug-likeness (QED) is 0.233. The van der Waals surface area contributed by atoms with Crippen LogP contribution in [0.4, 0.5) is 10.5 Å². The summed E-state index contributed by atoms with van der Waals surface area (Å²) >= 11 is 0. The minimum absolute atomic E-state index is 0.00616. The number of hydrogen-bond acceptors (Lipinski definition) is 8. The maximum atomic E-state index is 13.4. The highest BCUT2D eigenvalue weighted by Gasteiger charge is 2.31. The monoisotopic (exact) mass is 583 g/mol. The largest absolute Gasteiger partial charge is 0.462 e. The minimum Gasteiger partial charge on any atom is -0.462 e. The van der Waals surface area contributed by atoms with Crippen molar-refractivity contribution in [2.75, 3.05) is 11.9 Å². The number of ether oxygens (including phenoxy) is 3. The zero-order chi connectivity index (χ0) is 31.3. The Balaban J connectivity index is 2.15. The summed E-state index contributed by atoms with van der Waals surface area (Å²) in [5.74, 6) is -2.45. The Kier molecular flexibility index (Phi) is 13.0. The van der Waals surface area contributed by atoms with Gasteiger partial charge in [0, 0.05) is 5.69 Å². The summed E-state index contributed by atoms with van der Waals surface area (Å²) in [5.41, 5.74) is 0.652. The van der Waals surface area contributed by atoms with Gasteiger partial charge in [0.25, 0.3) is 0 Å². The van der Waals surface area contributed by atoms with Crippen molar-refractivity contribution in [3.63, 3.8) is 0 Å². The van der Waals surface area contributed by atoms with E-state index in [9.17, 15) is 24.0 Å². The summed E-state index contributed by atoms with van der Waals surface area (Å²) in [6.45, 7) is 10.7. The van der Waals surface area contributed by atoms with Crippen molar-refractivity contribution < 1.29 is 38.2 Å². The van der Waals surface area contributed by atoms with Crippen LogP contribution < -0.4 is 16.0 Å². The van der Waals surface area contributed by atoms with Gasteiger partial charge in [0.2, 0.25) is 11.8 Å². The summed E-state index contributed by atoms with van der Waals surface area (Å²) in [4.78, 5) is 63.6. The van der Waals surface area contributed by atoms with Crippen LogP contribution in [0.1, 0.15) is 70.3 Å². The van der Waals surface area contributed by atoms with E-state index in [1.165, 1.54) is 12.1 Å². The lowest BCUT2D eigenvalue weighted by molar-refractivity contribution is -0.147. The van der Waals surface area contributed by atoms with Crippen molar-refractivity contribution in [3.8, 4) is 0 Å². The number of hydrogen-bond donors (Lipinski definition) is 3.